The maximum absolute atomic E-state index is 11.8. The highest BCUT2D eigenvalue weighted by atomic mass is 35.5. The largest absolute Gasteiger partial charge is 0.356 e. The summed E-state index contributed by atoms with van der Waals surface area (Å²) >= 11 is 6.10. The van der Waals surface area contributed by atoms with Crippen LogP contribution in [0.5, 0.6) is 0 Å². The molecule has 1 aliphatic rings. The molecule has 0 spiro atoms. The molecule has 23 heavy (non-hydrogen) atoms. The fourth-order valence-corrected chi connectivity index (χ4v) is 3.06. The quantitative estimate of drug-likeness (QED) is 0.741. The maximum Gasteiger partial charge on any atom is 0.222 e. The van der Waals surface area contributed by atoms with E-state index in [0.717, 1.165) is 49.2 Å². The lowest BCUT2D eigenvalue weighted by Crippen LogP contribution is -2.36. The number of piperidine rings is 1. The molecular formula is C18H25ClN2O2. The molecule has 4 nitrogen and oxygen atoms in total. The van der Waals surface area contributed by atoms with Crippen LogP contribution in [0.3, 0.4) is 0 Å². The molecule has 1 N–H and O–H groups in total. The lowest BCUT2D eigenvalue weighted by atomic mass is 10.1. The summed E-state index contributed by atoms with van der Waals surface area (Å²) in [4.78, 5) is 25.3. The molecule has 1 heterocycles. The van der Waals surface area contributed by atoms with Crippen molar-refractivity contribution in [1.82, 2.24) is 10.2 Å². The zero-order valence-electron chi connectivity index (χ0n) is 13.5. The number of hydrogen-bond donors (Lipinski definition) is 1. The molecule has 0 radical (unpaired) electrons. The first-order valence-corrected chi connectivity index (χ1v) is 8.82. The molecular weight excluding hydrogens is 312 g/mol. The van der Waals surface area contributed by atoms with Crippen molar-refractivity contribution in [3.63, 3.8) is 0 Å². The summed E-state index contributed by atoms with van der Waals surface area (Å²) in [5.41, 5.74) is 1.12. The van der Waals surface area contributed by atoms with Gasteiger partial charge in [-0.1, -0.05) is 29.8 Å². The molecule has 126 valence electrons. The SMILES string of the molecule is O=C(CCCN1CCCCC1=O)NCCCc1ccccc1Cl. The zero-order chi connectivity index (χ0) is 16.5. The second-order valence-electron chi connectivity index (χ2n) is 5.99. The van der Waals surface area contributed by atoms with E-state index in [1.165, 1.54) is 0 Å². The number of benzene rings is 1. The Labute approximate surface area is 143 Å². The van der Waals surface area contributed by atoms with Gasteiger partial charge in [-0.15, -0.1) is 0 Å². The number of halogens is 1. The van der Waals surface area contributed by atoms with Gasteiger partial charge < -0.3 is 10.2 Å². The van der Waals surface area contributed by atoms with Crippen LogP contribution in [0.2, 0.25) is 5.02 Å². The van der Waals surface area contributed by atoms with Gasteiger partial charge in [0.2, 0.25) is 11.8 Å². The summed E-state index contributed by atoms with van der Waals surface area (Å²) in [5, 5.41) is 3.72. The molecule has 0 aliphatic carbocycles. The predicted molar refractivity (Wildman–Crippen MR) is 92.4 cm³/mol. The molecule has 0 bridgehead atoms. The second-order valence-corrected chi connectivity index (χ2v) is 6.39. The molecule has 0 aromatic heterocycles. The van der Waals surface area contributed by atoms with E-state index in [1.54, 1.807) is 0 Å². The van der Waals surface area contributed by atoms with Crippen molar-refractivity contribution in [2.75, 3.05) is 19.6 Å². The van der Waals surface area contributed by atoms with Gasteiger partial charge in [0.1, 0.15) is 0 Å². The van der Waals surface area contributed by atoms with Crippen LogP contribution in [0.1, 0.15) is 44.1 Å². The van der Waals surface area contributed by atoms with E-state index in [9.17, 15) is 9.59 Å². The monoisotopic (exact) mass is 336 g/mol. The number of amides is 2. The molecule has 1 aromatic rings. The van der Waals surface area contributed by atoms with Crippen LogP contribution in [0.25, 0.3) is 0 Å². The third kappa shape index (κ3) is 6.22. The Hall–Kier alpha value is -1.55. The third-order valence-electron chi connectivity index (χ3n) is 4.16. The molecule has 2 amide bonds. The standard InChI is InChI=1S/C18H25ClN2O2/c19-16-9-2-1-7-15(16)8-5-12-20-17(22)10-6-14-21-13-4-3-11-18(21)23/h1-2,7,9H,3-6,8,10-14H2,(H,20,22). The van der Waals surface area contributed by atoms with Crippen LogP contribution in [-0.4, -0.2) is 36.3 Å². The molecule has 1 aromatic carbocycles. The van der Waals surface area contributed by atoms with E-state index in [2.05, 4.69) is 5.32 Å². The number of hydrogen-bond acceptors (Lipinski definition) is 2. The van der Waals surface area contributed by atoms with E-state index < -0.39 is 0 Å². The van der Waals surface area contributed by atoms with Crippen LogP contribution in [0, 0.1) is 0 Å². The second kappa shape index (κ2) is 9.56. The Morgan fingerprint density at radius 3 is 2.83 bits per heavy atom. The minimum Gasteiger partial charge on any atom is -0.356 e. The Morgan fingerprint density at radius 1 is 1.22 bits per heavy atom. The Morgan fingerprint density at radius 2 is 2.04 bits per heavy atom. The van der Waals surface area contributed by atoms with E-state index in [4.69, 9.17) is 11.6 Å². The smallest absolute Gasteiger partial charge is 0.222 e. The van der Waals surface area contributed by atoms with Gasteiger partial charge in [0.15, 0.2) is 0 Å². The Kier molecular flexibility index (Phi) is 7.40. The Bertz CT molecular complexity index is 534. The predicted octanol–water partition coefficient (Wildman–Crippen LogP) is 3.18. The molecule has 1 fully saturated rings. The van der Waals surface area contributed by atoms with Crippen LogP contribution in [0.4, 0.5) is 0 Å². The molecule has 1 saturated heterocycles. The minimum absolute atomic E-state index is 0.0635. The first-order valence-electron chi connectivity index (χ1n) is 8.44. The van der Waals surface area contributed by atoms with E-state index in [0.29, 0.717) is 25.9 Å². The summed E-state index contributed by atoms with van der Waals surface area (Å²) < 4.78 is 0. The van der Waals surface area contributed by atoms with Gasteiger partial charge in [0.05, 0.1) is 0 Å². The topological polar surface area (TPSA) is 49.4 Å². The molecule has 0 unspecified atom stereocenters. The van der Waals surface area contributed by atoms with Gasteiger partial charge in [-0.3, -0.25) is 9.59 Å². The summed E-state index contributed by atoms with van der Waals surface area (Å²) in [6.45, 7) is 2.21. The number of likely N-dealkylation sites (tertiary alicyclic amines) is 1. The normalized spacial score (nSPS) is 14.8. The fraction of sp³-hybridized carbons (Fsp3) is 0.556. The number of carbonyl (C=O) groups is 2. The number of rotatable bonds is 8. The van der Waals surface area contributed by atoms with E-state index in [1.807, 2.05) is 29.2 Å². The first kappa shape index (κ1) is 17.8. The van der Waals surface area contributed by atoms with Gasteiger partial charge >= 0.3 is 0 Å². The van der Waals surface area contributed by atoms with Crippen LogP contribution >= 0.6 is 11.6 Å². The number of nitrogens with one attached hydrogen (secondary N) is 1. The van der Waals surface area contributed by atoms with Crippen molar-refractivity contribution in [2.45, 2.75) is 44.9 Å². The van der Waals surface area contributed by atoms with Crippen molar-refractivity contribution >= 4 is 23.4 Å². The average molecular weight is 337 g/mol. The highest BCUT2D eigenvalue weighted by molar-refractivity contribution is 6.31. The molecule has 5 heteroatoms. The molecule has 0 saturated carbocycles. The van der Waals surface area contributed by atoms with Crippen molar-refractivity contribution in [3.8, 4) is 0 Å². The lowest BCUT2D eigenvalue weighted by molar-refractivity contribution is -0.133. The van der Waals surface area contributed by atoms with Gasteiger partial charge in [-0.25, -0.2) is 0 Å². The summed E-state index contributed by atoms with van der Waals surface area (Å²) in [6.07, 6.45) is 5.70. The molecule has 1 aliphatic heterocycles. The number of aryl methyl sites for hydroxylation is 1. The number of carbonyl (C=O) groups excluding carboxylic acids is 2. The lowest BCUT2D eigenvalue weighted by Gasteiger charge is -2.26. The first-order chi connectivity index (χ1) is 11.2. The molecule has 2 rings (SSSR count). The highest BCUT2D eigenvalue weighted by Crippen LogP contribution is 2.16. The van der Waals surface area contributed by atoms with Gasteiger partial charge in [0.25, 0.3) is 0 Å². The number of nitrogens with zero attached hydrogens (tertiary/aromatic N) is 1. The summed E-state index contributed by atoms with van der Waals surface area (Å²) in [6, 6.07) is 7.79. The van der Waals surface area contributed by atoms with Gasteiger partial charge in [-0.2, -0.15) is 0 Å². The minimum atomic E-state index is 0.0635. The zero-order valence-corrected chi connectivity index (χ0v) is 14.3. The van der Waals surface area contributed by atoms with Gasteiger partial charge in [-0.05, 0) is 43.7 Å². The van der Waals surface area contributed by atoms with E-state index in [-0.39, 0.29) is 11.8 Å². The molecule has 0 atom stereocenters. The maximum atomic E-state index is 11.8. The summed E-state index contributed by atoms with van der Waals surface area (Å²) in [7, 11) is 0. The van der Waals surface area contributed by atoms with Crippen molar-refractivity contribution < 1.29 is 9.59 Å². The van der Waals surface area contributed by atoms with Crippen LogP contribution in [-0.2, 0) is 16.0 Å². The third-order valence-corrected chi connectivity index (χ3v) is 4.52. The van der Waals surface area contributed by atoms with E-state index >= 15 is 0 Å². The van der Waals surface area contributed by atoms with Crippen molar-refractivity contribution in [2.24, 2.45) is 0 Å². The van der Waals surface area contributed by atoms with Crippen molar-refractivity contribution in [1.29, 1.82) is 0 Å². The fourth-order valence-electron chi connectivity index (χ4n) is 2.82. The highest BCUT2D eigenvalue weighted by Gasteiger charge is 2.17. The average Bonchev–Trinajstić information content (AvgIpc) is 2.55. The van der Waals surface area contributed by atoms with Crippen molar-refractivity contribution in [3.05, 3.63) is 34.9 Å². The van der Waals surface area contributed by atoms with Crippen LogP contribution in [0.15, 0.2) is 24.3 Å². The summed E-state index contributed by atoms with van der Waals surface area (Å²) in [5.74, 6) is 0.296. The Balaban J connectivity index is 1.55. The van der Waals surface area contributed by atoms with Gasteiger partial charge in [0, 0.05) is 37.5 Å². The van der Waals surface area contributed by atoms with Crippen LogP contribution < -0.4 is 5.32 Å².